The van der Waals surface area contributed by atoms with Gasteiger partial charge < -0.3 is 9.47 Å². The Labute approximate surface area is 145 Å². The van der Waals surface area contributed by atoms with Crippen LogP contribution < -0.4 is 0 Å². The minimum atomic E-state index is -2.53. The summed E-state index contributed by atoms with van der Waals surface area (Å²) in [6.45, 7) is 1.63. The number of alkyl halides is 2. The molecule has 1 aliphatic carbocycles. The molecule has 1 saturated carbocycles. The molecule has 2 aromatic rings. The van der Waals surface area contributed by atoms with Gasteiger partial charge in [0, 0.05) is 49.8 Å². The largest absolute Gasteiger partial charge is 0.339 e. The van der Waals surface area contributed by atoms with E-state index in [4.69, 9.17) is 0 Å². The van der Waals surface area contributed by atoms with E-state index < -0.39 is 5.92 Å². The zero-order chi connectivity index (χ0) is 17.4. The number of fused-ring (bicyclic) bond motifs is 1. The number of rotatable bonds is 2. The van der Waals surface area contributed by atoms with Gasteiger partial charge in [0.2, 0.25) is 5.92 Å². The van der Waals surface area contributed by atoms with Gasteiger partial charge in [-0.15, -0.1) is 0 Å². The number of amides is 1. The first kappa shape index (κ1) is 16.5. The molecule has 4 rings (SSSR count). The number of hydrogen-bond acceptors (Lipinski definition) is 2. The number of halogens is 2. The summed E-state index contributed by atoms with van der Waals surface area (Å²) in [6.07, 6.45) is 7.65. The summed E-state index contributed by atoms with van der Waals surface area (Å²) in [6, 6.07) is 3.88. The molecular weight excluding hydrogens is 324 g/mol. The van der Waals surface area contributed by atoms with Gasteiger partial charge in [-0.3, -0.25) is 4.79 Å². The predicted octanol–water partition coefficient (Wildman–Crippen LogP) is 4.41. The fourth-order valence-corrected chi connectivity index (χ4v) is 4.04. The number of piperidine rings is 1. The second-order valence-electron chi connectivity index (χ2n) is 7.30. The van der Waals surface area contributed by atoms with E-state index in [9.17, 15) is 13.6 Å². The summed E-state index contributed by atoms with van der Waals surface area (Å²) in [5.74, 6) is -2.49. The first-order chi connectivity index (χ1) is 12.0. The number of carbonyl (C=O) groups is 1. The molecule has 1 amide bonds. The van der Waals surface area contributed by atoms with Crippen molar-refractivity contribution in [3.63, 3.8) is 0 Å². The molecule has 0 bridgehead atoms. The third-order valence-corrected chi connectivity index (χ3v) is 5.52. The minimum absolute atomic E-state index is 0.0409. The quantitative estimate of drug-likeness (QED) is 0.807. The molecule has 2 aromatic heterocycles. The maximum atomic E-state index is 13.4. The molecule has 4 nitrogen and oxygen atoms in total. The van der Waals surface area contributed by atoms with Crippen LogP contribution in [0.3, 0.4) is 0 Å². The highest BCUT2D eigenvalue weighted by Gasteiger charge is 2.35. The molecular formula is C19H23F2N3O. The Morgan fingerprint density at radius 3 is 2.60 bits per heavy atom. The first-order valence-electron chi connectivity index (χ1n) is 9.17. The Morgan fingerprint density at radius 1 is 1.16 bits per heavy atom. The van der Waals surface area contributed by atoms with E-state index >= 15 is 0 Å². The molecule has 6 heteroatoms. The summed E-state index contributed by atoms with van der Waals surface area (Å²) in [5, 5.41) is 0.903. The Bertz CT molecular complexity index is 770. The Balaban J connectivity index is 1.56. The van der Waals surface area contributed by atoms with Gasteiger partial charge >= 0.3 is 0 Å². The normalized spacial score (nSPS) is 21.6. The minimum Gasteiger partial charge on any atom is -0.339 e. The molecule has 0 radical (unpaired) electrons. The number of pyridine rings is 1. The van der Waals surface area contributed by atoms with E-state index in [-0.39, 0.29) is 24.8 Å². The third kappa shape index (κ3) is 3.26. The SMILES string of the molecule is O=C(c1cnc2c(ccn2C2CCC(F)(F)CC2)c1)N1CCCCC1. The van der Waals surface area contributed by atoms with Gasteiger partial charge in [0.15, 0.2) is 0 Å². The molecule has 2 aliphatic rings. The van der Waals surface area contributed by atoms with E-state index in [2.05, 4.69) is 4.98 Å². The fourth-order valence-electron chi connectivity index (χ4n) is 4.04. The second kappa shape index (κ2) is 6.39. The van der Waals surface area contributed by atoms with Crippen molar-refractivity contribution in [1.29, 1.82) is 0 Å². The predicted molar refractivity (Wildman–Crippen MR) is 91.9 cm³/mol. The fraction of sp³-hybridized carbons (Fsp3) is 0.579. The molecule has 134 valence electrons. The van der Waals surface area contributed by atoms with Crippen LogP contribution in [0.2, 0.25) is 0 Å². The van der Waals surface area contributed by atoms with Crippen molar-refractivity contribution in [3.8, 4) is 0 Å². The summed E-state index contributed by atoms with van der Waals surface area (Å²) < 4.78 is 28.8. The lowest BCUT2D eigenvalue weighted by atomic mass is 9.92. The van der Waals surface area contributed by atoms with E-state index in [1.54, 1.807) is 6.20 Å². The van der Waals surface area contributed by atoms with Gasteiger partial charge in [-0.2, -0.15) is 0 Å². The molecule has 0 N–H and O–H groups in total. The van der Waals surface area contributed by atoms with E-state index in [1.807, 2.05) is 27.8 Å². The third-order valence-electron chi connectivity index (χ3n) is 5.52. The number of likely N-dealkylation sites (tertiary alicyclic amines) is 1. The van der Waals surface area contributed by atoms with Gasteiger partial charge in [-0.25, -0.2) is 13.8 Å². The van der Waals surface area contributed by atoms with Crippen LogP contribution in [0, 0.1) is 0 Å². The van der Waals surface area contributed by atoms with Crippen LogP contribution in [0.5, 0.6) is 0 Å². The van der Waals surface area contributed by atoms with Crippen molar-refractivity contribution >= 4 is 16.9 Å². The van der Waals surface area contributed by atoms with Gasteiger partial charge in [0.1, 0.15) is 5.65 Å². The first-order valence-corrected chi connectivity index (χ1v) is 9.17. The van der Waals surface area contributed by atoms with Crippen LogP contribution >= 0.6 is 0 Å². The Hall–Kier alpha value is -1.98. The van der Waals surface area contributed by atoms with E-state index in [0.717, 1.165) is 37.0 Å². The van der Waals surface area contributed by atoms with Crippen molar-refractivity contribution in [2.24, 2.45) is 0 Å². The Morgan fingerprint density at radius 2 is 1.88 bits per heavy atom. The molecule has 25 heavy (non-hydrogen) atoms. The molecule has 0 aromatic carbocycles. The van der Waals surface area contributed by atoms with Gasteiger partial charge in [-0.1, -0.05) is 0 Å². The zero-order valence-electron chi connectivity index (χ0n) is 14.3. The van der Waals surface area contributed by atoms with Crippen molar-refractivity contribution < 1.29 is 13.6 Å². The standard InChI is InChI=1S/C19H23F2N3O/c20-19(21)7-4-16(5-8-19)24-11-6-14-12-15(13-22-17(14)24)18(25)23-9-2-1-3-10-23/h6,11-13,16H,1-5,7-10H2. The lowest BCUT2D eigenvalue weighted by Gasteiger charge is -2.29. The van der Waals surface area contributed by atoms with Crippen LogP contribution in [-0.2, 0) is 0 Å². The van der Waals surface area contributed by atoms with Crippen molar-refractivity contribution in [3.05, 3.63) is 30.1 Å². The molecule has 2 fully saturated rings. The lowest BCUT2D eigenvalue weighted by Crippen LogP contribution is -2.35. The second-order valence-corrected chi connectivity index (χ2v) is 7.30. The summed E-state index contributed by atoms with van der Waals surface area (Å²) in [5.41, 5.74) is 1.40. The number of carbonyl (C=O) groups excluding carboxylic acids is 1. The highest BCUT2D eigenvalue weighted by atomic mass is 19.3. The van der Waals surface area contributed by atoms with Crippen molar-refractivity contribution in [2.45, 2.75) is 56.9 Å². The summed E-state index contributed by atoms with van der Waals surface area (Å²) in [7, 11) is 0. The summed E-state index contributed by atoms with van der Waals surface area (Å²) in [4.78, 5) is 19.0. The van der Waals surface area contributed by atoms with E-state index in [0.29, 0.717) is 18.4 Å². The van der Waals surface area contributed by atoms with Crippen LogP contribution in [0.1, 0.15) is 61.3 Å². The zero-order valence-corrected chi connectivity index (χ0v) is 14.3. The molecule has 1 aliphatic heterocycles. The lowest BCUT2D eigenvalue weighted by molar-refractivity contribution is -0.0436. The maximum Gasteiger partial charge on any atom is 0.255 e. The van der Waals surface area contributed by atoms with Crippen LogP contribution in [0.4, 0.5) is 8.78 Å². The number of hydrogen-bond donors (Lipinski definition) is 0. The van der Waals surface area contributed by atoms with Crippen LogP contribution in [0.25, 0.3) is 11.0 Å². The van der Waals surface area contributed by atoms with E-state index in [1.165, 1.54) is 6.42 Å². The number of nitrogens with zero attached hydrogens (tertiary/aromatic N) is 3. The highest BCUT2D eigenvalue weighted by molar-refractivity contribution is 5.97. The Kier molecular flexibility index (Phi) is 4.21. The molecule has 0 atom stereocenters. The van der Waals surface area contributed by atoms with Crippen molar-refractivity contribution in [2.75, 3.05) is 13.1 Å². The smallest absolute Gasteiger partial charge is 0.255 e. The van der Waals surface area contributed by atoms with Gasteiger partial charge in [0.05, 0.1) is 5.56 Å². The van der Waals surface area contributed by atoms with Crippen LogP contribution in [-0.4, -0.2) is 39.4 Å². The monoisotopic (exact) mass is 347 g/mol. The average Bonchev–Trinajstić information content (AvgIpc) is 3.05. The topological polar surface area (TPSA) is 38.1 Å². The molecule has 1 saturated heterocycles. The van der Waals surface area contributed by atoms with Gasteiger partial charge in [-0.05, 0) is 44.2 Å². The molecule has 0 spiro atoms. The maximum absolute atomic E-state index is 13.4. The van der Waals surface area contributed by atoms with Gasteiger partial charge in [0.25, 0.3) is 5.91 Å². The molecule has 0 unspecified atom stereocenters. The number of aromatic nitrogens is 2. The van der Waals surface area contributed by atoms with Crippen molar-refractivity contribution in [1.82, 2.24) is 14.5 Å². The summed E-state index contributed by atoms with van der Waals surface area (Å²) >= 11 is 0. The highest BCUT2D eigenvalue weighted by Crippen LogP contribution is 2.39. The molecule has 3 heterocycles. The van der Waals surface area contributed by atoms with Crippen LogP contribution in [0.15, 0.2) is 24.5 Å². The average molecular weight is 347 g/mol.